The zero-order chi connectivity index (χ0) is 18.9. The molecule has 1 aliphatic rings. The van der Waals surface area contributed by atoms with Gasteiger partial charge in [0.1, 0.15) is 5.75 Å². The summed E-state index contributed by atoms with van der Waals surface area (Å²) in [4.78, 5) is 12.3. The molecule has 0 spiro atoms. The van der Waals surface area contributed by atoms with E-state index in [-0.39, 0.29) is 5.91 Å². The molecular formula is C20H27BrN2O2S. The SMILES string of the molecule is CC(C)COc1ccc(C(=O)NC(=S)NCCC2=CCCCC2)cc1Br. The molecule has 26 heavy (non-hydrogen) atoms. The lowest BCUT2D eigenvalue weighted by atomic mass is 9.97. The Morgan fingerprint density at radius 2 is 2.15 bits per heavy atom. The zero-order valence-corrected chi connectivity index (χ0v) is 17.8. The van der Waals surface area contributed by atoms with Crippen LogP contribution in [-0.2, 0) is 0 Å². The molecule has 1 aromatic rings. The highest BCUT2D eigenvalue weighted by molar-refractivity contribution is 9.10. The molecule has 0 fully saturated rings. The van der Waals surface area contributed by atoms with E-state index in [1.165, 1.54) is 31.3 Å². The minimum Gasteiger partial charge on any atom is -0.492 e. The average Bonchev–Trinajstić information content (AvgIpc) is 2.61. The van der Waals surface area contributed by atoms with E-state index < -0.39 is 0 Å². The Labute approximate surface area is 169 Å². The van der Waals surface area contributed by atoms with Gasteiger partial charge in [-0.3, -0.25) is 10.1 Å². The van der Waals surface area contributed by atoms with Crippen LogP contribution in [0.25, 0.3) is 0 Å². The van der Waals surface area contributed by atoms with Crippen molar-refractivity contribution in [3.63, 3.8) is 0 Å². The minimum absolute atomic E-state index is 0.226. The molecule has 0 heterocycles. The van der Waals surface area contributed by atoms with Crippen molar-refractivity contribution < 1.29 is 9.53 Å². The van der Waals surface area contributed by atoms with Gasteiger partial charge in [0.15, 0.2) is 5.11 Å². The van der Waals surface area contributed by atoms with Crippen LogP contribution in [0, 0.1) is 5.92 Å². The first kappa shape index (κ1) is 20.9. The first-order valence-corrected chi connectivity index (χ1v) is 10.3. The van der Waals surface area contributed by atoms with Crippen LogP contribution in [0.3, 0.4) is 0 Å². The van der Waals surface area contributed by atoms with Crippen molar-refractivity contribution in [1.82, 2.24) is 10.6 Å². The fraction of sp³-hybridized carbons (Fsp3) is 0.500. The predicted molar refractivity (Wildman–Crippen MR) is 114 cm³/mol. The summed E-state index contributed by atoms with van der Waals surface area (Å²) >= 11 is 8.69. The van der Waals surface area contributed by atoms with Crippen LogP contribution in [0.2, 0.25) is 0 Å². The molecule has 0 saturated heterocycles. The molecule has 1 aliphatic carbocycles. The second kappa shape index (κ2) is 10.7. The molecule has 0 aromatic heterocycles. The number of rotatable bonds is 7. The Kier molecular flexibility index (Phi) is 8.59. The number of ether oxygens (including phenoxy) is 1. The lowest BCUT2D eigenvalue weighted by Gasteiger charge is -2.14. The van der Waals surface area contributed by atoms with Gasteiger partial charge in [-0.05, 0) is 84.4 Å². The van der Waals surface area contributed by atoms with E-state index in [2.05, 4.69) is 46.5 Å². The van der Waals surface area contributed by atoms with E-state index >= 15 is 0 Å². The fourth-order valence-electron chi connectivity index (χ4n) is 2.70. The Hall–Kier alpha value is -1.40. The number of carbonyl (C=O) groups excluding carboxylic acids is 1. The summed E-state index contributed by atoms with van der Waals surface area (Å²) in [6, 6.07) is 5.29. The molecule has 0 aliphatic heterocycles. The second-order valence-electron chi connectivity index (χ2n) is 6.92. The normalized spacial score (nSPS) is 13.9. The molecule has 0 radical (unpaired) electrons. The molecule has 0 atom stereocenters. The zero-order valence-electron chi connectivity index (χ0n) is 15.4. The average molecular weight is 439 g/mol. The van der Waals surface area contributed by atoms with Gasteiger partial charge >= 0.3 is 0 Å². The minimum atomic E-state index is -0.226. The van der Waals surface area contributed by atoms with E-state index in [4.69, 9.17) is 17.0 Å². The summed E-state index contributed by atoms with van der Waals surface area (Å²) < 4.78 is 6.46. The molecule has 2 rings (SSSR count). The van der Waals surface area contributed by atoms with Crippen molar-refractivity contribution in [3.8, 4) is 5.75 Å². The van der Waals surface area contributed by atoms with Crippen molar-refractivity contribution in [2.75, 3.05) is 13.2 Å². The van der Waals surface area contributed by atoms with Crippen LogP contribution < -0.4 is 15.4 Å². The smallest absolute Gasteiger partial charge is 0.257 e. The van der Waals surface area contributed by atoms with E-state index in [9.17, 15) is 4.79 Å². The molecule has 0 bridgehead atoms. The molecular weight excluding hydrogens is 412 g/mol. The van der Waals surface area contributed by atoms with Crippen LogP contribution in [-0.4, -0.2) is 24.2 Å². The Balaban J connectivity index is 1.79. The molecule has 1 amide bonds. The Morgan fingerprint density at radius 1 is 1.35 bits per heavy atom. The van der Waals surface area contributed by atoms with Crippen LogP contribution >= 0.6 is 28.1 Å². The van der Waals surface area contributed by atoms with Crippen molar-refractivity contribution in [2.24, 2.45) is 5.92 Å². The van der Waals surface area contributed by atoms with Gasteiger partial charge in [-0.1, -0.05) is 25.5 Å². The first-order chi connectivity index (χ1) is 12.5. The van der Waals surface area contributed by atoms with Gasteiger partial charge in [0.25, 0.3) is 5.91 Å². The van der Waals surface area contributed by atoms with Crippen molar-refractivity contribution in [2.45, 2.75) is 46.0 Å². The highest BCUT2D eigenvalue weighted by atomic mass is 79.9. The standard InChI is InChI=1S/C20H27BrN2O2S/c1-14(2)13-25-18-9-8-16(12-17(18)21)19(24)23-20(26)22-11-10-15-6-4-3-5-7-15/h6,8-9,12,14H,3-5,7,10-11,13H2,1-2H3,(H2,22,23,24,26). The molecule has 6 heteroatoms. The summed E-state index contributed by atoms with van der Waals surface area (Å²) in [7, 11) is 0. The maximum absolute atomic E-state index is 12.3. The number of thiocarbonyl (C=S) groups is 1. The Bertz CT molecular complexity index is 674. The number of carbonyl (C=O) groups is 1. The Morgan fingerprint density at radius 3 is 2.81 bits per heavy atom. The number of amides is 1. The van der Waals surface area contributed by atoms with Gasteiger partial charge < -0.3 is 10.1 Å². The summed E-state index contributed by atoms with van der Waals surface area (Å²) in [5, 5.41) is 6.21. The van der Waals surface area contributed by atoms with E-state index in [0.717, 1.165) is 23.2 Å². The molecule has 0 unspecified atom stereocenters. The molecule has 0 saturated carbocycles. The lowest BCUT2D eigenvalue weighted by Crippen LogP contribution is -2.39. The molecule has 4 nitrogen and oxygen atoms in total. The third-order valence-corrected chi connectivity index (χ3v) is 4.98. The van der Waals surface area contributed by atoms with Gasteiger partial charge in [-0.15, -0.1) is 0 Å². The predicted octanol–water partition coefficient (Wildman–Crippen LogP) is 4.98. The highest BCUT2D eigenvalue weighted by Gasteiger charge is 2.11. The lowest BCUT2D eigenvalue weighted by molar-refractivity contribution is 0.0976. The van der Waals surface area contributed by atoms with E-state index in [1.807, 2.05) is 0 Å². The number of benzene rings is 1. The quantitative estimate of drug-likeness (QED) is 0.465. The van der Waals surface area contributed by atoms with Crippen LogP contribution in [0.1, 0.15) is 56.3 Å². The highest BCUT2D eigenvalue weighted by Crippen LogP contribution is 2.26. The maximum Gasteiger partial charge on any atom is 0.257 e. The molecule has 1 aromatic carbocycles. The number of nitrogens with one attached hydrogen (secondary N) is 2. The van der Waals surface area contributed by atoms with Crippen LogP contribution in [0.4, 0.5) is 0 Å². The summed E-state index contributed by atoms with van der Waals surface area (Å²) in [6.45, 7) is 5.56. The van der Waals surface area contributed by atoms with Crippen molar-refractivity contribution in [1.29, 1.82) is 0 Å². The summed E-state index contributed by atoms with van der Waals surface area (Å²) in [5.74, 6) is 0.949. The van der Waals surface area contributed by atoms with Crippen molar-refractivity contribution >= 4 is 39.2 Å². The molecule has 142 valence electrons. The van der Waals surface area contributed by atoms with Crippen LogP contribution in [0.5, 0.6) is 5.75 Å². The van der Waals surface area contributed by atoms with Gasteiger partial charge in [0.05, 0.1) is 11.1 Å². The van der Waals surface area contributed by atoms with Gasteiger partial charge in [0, 0.05) is 12.1 Å². The number of hydrogen-bond donors (Lipinski definition) is 2. The summed E-state index contributed by atoms with van der Waals surface area (Å²) in [5.41, 5.74) is 2.02. The number of allylic oxidation sites excluding steroid dienone is 1. The largest absolute Gasteiger partial charge is 0.492 e. The van der Waals surface area contributed by atoms with Gasteiger partial charge in [0.2, 0.25) is 0 Å². The van der Waals surface area contributed by atoms with Crippen molar-refractivity contribution in [3.05, 3.63) is 39.9 Å². The van der Waals surface area contributed by atoms with Gasteiger partial charge in [-0.25, -0.2) is 0 Å². The number of halogens is 1. The van der Waals surface area contributed by atoms with E-state index in [0.29, 0.717) is 23.2 Å². The number of hydrogen-bond acceptors (Lipinski definition) is 3. The third-order valence-electron chi connectivity index (χ3n) is 4.11. The topological polar surface area (TPSA) is 50.4 Å². The fourth-order valence-corrected chi connectivity index (χ4v) is 3.39. The third kappa shape index (κ3) is 7.08. The summed E-state index contributed by atoms with van der Waals surface area (Å²) in [6.07, 6.45) is 8.24. The monoisotopic (exact) mass is 438 g/mol. The van der Waals surface area contributed by atoms with Crippen LogP contribution in [0.15, 0.2) is 34.3 Å². The van der Waals surface area contributed by atoms with Gasteiger partial charge in [-0.2, -0.15) is 0 Å². The second-order valence-corrected chi connectivity index (χ2v) is 8.18. The molecule has 2 N–H and O–H groups in total. The van der Waals surface area contributed by atoms with E-state index in [1.54, 1.807) is 18.2 Å². The first-order valence-electron chi connectivity index (χ1n) is 9.15. The maximum atomic E-state index is 12.3.